The number of furan rings is 1. The Labute approximate surface area is 462 Å². The number of hydrogen-bond acceptors (Lipinski definition) is 3. The maximum atomic E-state index is 6.21. The van der Waals surface area contributed by atoms with Crippen molar-refractivity contribution in [2.75, 3.05) is 4.90 Å². The van der Waals surface area contributed by atoms with Gasteiger partial charge < -0.3 is 13.9 Å². The molecule has 1 aliphatic rings. The van der Waals surface area contributed by atoms with Crippen molar-refractivity contribution in [3.05, 3.63) is 278 Å². The van der Waals surface area contributed by atoms with Crippen LogP contribution in [0.3, 0.4) is 0 Å². The summed E-state index contributed by atoms with van der Waals surface area (Å²) >= 11 is 1.86. The fraction of sp³-hybridized carbons (Fsp3) is 0.0400. The van der Waals surface area contributed by atoms with Crippen molar-refractivity contribution in [3.63, 3.8) is 0 Å². The molecule has 0 spiro atoms. The molecular weight excluding hydrogens is 977 g/mol. The van der Waals surface area contributed by atoms with Crippen molar-refractivity contribution >= 4 is 92.3 Å². The van der Waals surface area contributed by atoms with E-state index < -0.39 is 0 Å². The summed E-state index contributed by atoms with van der Waals surface area (Å²) in [4.78, 5) is 2.43. The molecule has 0 atom stereocenters. The maximum absolute atomic E-state index is 6.21. The number of fused-ring (bicyclic) bond motifs is 12. The average molecular weight is 1030 g/mol. The highest BCUT2D eigenvalue weighted by atomic mass is 32.1. The van der Waals surface area contributed by atoms with Gasteiger partial charge in [0.1, 0.15) is 11.2 Å². The molecule has 0 amide bonds. The molecule has 15 aromatic rings. The molecular formula is C75H50N2OS. The third kappa shape index (κ3) is 7.18. The first-order chi connectivity index (χ1) is 38.9. The summed E-state index contributed by atoms with van der Waals surface area (Å²) in [6.45, 7) is 4.78. The number of rotatable bonds is 8. The van der Waals surface area contributed by atoms with Gasteiger partial charge in [-0.3, -0.25) is 0 Å². The standard InChI is InChI=1S/C75H50N2OS/c1-75(2)65-41-33-51(44-63(65)58-39-32-52(45-66(58)75)57-21-14-24-69-74(57)62-20-7-11-23-68(62)77(69)53-15-4-3-5-16-53)56-17-6-10-22-67(56)76(54-35-27-47(28-36-54)49-34-42-71-64(43-49)59-18-8-12-25-70(59)78-71)55-37-29-48(30-38-55)50-31-40-61-60-19-9-13-26-72(60)79-73(61)46-50/h3-46H,1-2H3. The summed E-state index contributed by atoms with van der Waals surface area (Å²) in [5.41, 5.74) is 23.2. The zero-order valence-electron chi connectivity index (χ0n) is 43.6. The minimum Gasteiger partial charge on any atom is -0.456 e. The molecule has 3 nitrogen and oxygen atoms in total. The Bertz CT molecular complexity index is 4920. The Hall–Kier alpha value is -9.74. The average Bonchev–Trinajstić information content (AvgIpc) is 4.41. The fourth-order valence-corrected chi connectivity index (χ4v) is 14.1. The van der Waals surface area contributed by atoms with Crippen LogP contribution in [-0.2, 0) is 5.41 Å². The summed E-state index contributed by atoms with van der Waals surface area (Å²) in [6.07, 6.45) is 0. The number of nitrogens with zero attached hydrogens (tertiary/aromatic N) is 2. The molecule has 0 N–H and O–H groups in total. The molecule has 3 heterocycles. The number of hydrogen-bond donors (Lipinski definition) is 0. The van der Waals surface area contributed by atoms with Crippen molar-refractivity contribution in [2.24, 2.45) is 0 Å². The second kappa shape index (κ2) is 17.7. The molecule has 16 rings (SSSR count). The second-order valence-corrected chi connectivity index (χ2v) is 22.7. The lowest BCUT2D eigenvalue weighted by Gasteiger charge is -2.28. The number of para-hydroxylation sites is 4. The molecule has 79 heavy (non-hydrogen) atoms. The Morgan fingerprint density at radius 1 is 0.354 bits per heavy atom. The van der Waals surface area contributed by atoms with E-state index in [1.807, 2.05) is 23.5 Å². The van der Waals surface area contributed by atoms with E-state index in [0.717, 1.165) is 55.7 Å². The van der Waals surface area contributed by atoms with Gasteiger partial charge in [0.25, 0.3) is 0 Å². The quantitative estimate of drug-likeness (QED) is 0.151. The van der Waals surface area contributed by atoms with Gasteiger partial charge in [-0.15, -0.1) is 11.3 Å². The van der Waals surface area contributed by atoms with Crippen LogP contribution in [0.15, 0.2) is 271 Å². The molecule has 0 saturated heterocycles. The normalized spacial score (nSPS) is 12.8. The SMILES string of the molecule is CC1(C)c2ccc(-c3ccccc3N(c3ccc(-c4ccc5c(c4)sc4ccccc45)cc3)c3ccc(-c4ccc5oc6ccccc6c5c4)cc3)cc2-c2ccc(-c3cccc4c3c3ccccc3n4-c3ccccc3)cc21. The van der Waals surface area contributed by atoms with Crippen LogP contribution in [0.2, 0.25) is 0 Å². The first-order valence-electron chi connectivity index (χ1n) is 27.2. The summed E-state index contributed by atoms with van der Waals surface area (Å²) in [5.74, 6) is 0. The lowest BCUT2D eigenvalue weighted by atomic mass is 9.81. The van der Waals surface area contributed by atoms with Crippen LogP contribution in [0.25, 0.3) is 125 Å². The van der Waals surface area contributed by atoms with Crippen LogP contribution < -0.4 is 4.90 Å². The van der Waals surface area contributed by atoms with Gasteiger partial charge in [0, 0.05) is 69.8 Å². The van der Waals surface area contributed by atoms with Crippen LogP contribution in [-0.4, -0.2) is 4.57 Å². The summed E-state index contributed by atoms with van der Waals surface area (Å²) < 4.78 is 11.2. The van der Waals surface area contributed by atoms with Crippen LogP contribution in [0, 0.1) is 0 Å². The van der Waals surface area contributed by atoms with Crippen molar-refractivity contribution in [3.8, 4) is 61.3 Å². The Kier molecular flexibility index (Phi) is 10.2. The molecule has 0 radical (unpaired) electrons. The first kappa shape index (κ1) is 45.5. The van der Waals surface area contributed by atoms with E-state index in [1.54, 1.807) is 0 Å². The molecule has 12 aromatic carbocycles. The van der Waals surface area contributed by atoms with Crippen LogP contribution in [0.5, 0.6) is 0 Å². The van der Waals surface area contributed by atoms with Gasteiger partial charge in [-0.05, 0) is 158 Å². The van der Waals surface area contributed by atoms with Gasteiger partial charge in [-0.2, -0.15) is 0 Å². The van der Waals surface area contributed by atoms with E-state index in [9.17, 15) is 0 Å². The summed E-state index contributed by atoms with van der Waals surface area (Å²) in [6, 6.07) is 98.3. The van der Waals surface area contributed by atoms with Crippen LogP contribution >= 0.6 is 11.3 Å². The highest BCUT2D eigenvalue weighted by Crippen LogP contribution is 2.53. The number of anilines is 3. The molecule has 0 bridgehead atoms. The van der Waals surface area contributed by atoms with Crippen molar-refractivity contribution < 1.29 is 4.42 Å². The monoisotopic (exact) mass is 1030 g/mol. The smallest absolute Gasteiger partial charge is 0.135 e. The van der Waals surface area contributed by atoms with E-state index >= 15 is 0 Å². The van der Waals surface area contributed by atoms with Crippen molar-refractivity contribution in [1.82, 2.24) is 4.57 Å². The predicted molar refractivity (Wildman–Crippen MR) is 335 cm³/mol. The predicted octanol–water partition coefficient (Wildman–Crippen LogP) is 21.5. The van der Waals surface area contributed by atoms with Gasteiger partial charge in [0.2, 0.25) is 0 Å². The van der Waals surface area contributed by atoms with Crippen molar-refractivity contribution in [1.29, 1.82) is 0 Å². The highest BCUT2D eigenvalue weighted by Gasteiger charge is 2.36. The molecule has 0 saturated carbocycles. The third-order valence-corrected chi connectivity index (χ3v) is 18.0. The zero-order valence-corrected chi connectivity index (χ0v) is 44.4. The van der Waals surface area contributed by atoms with E-state index in [4.69, 9.17) is 4.42 Å². The van der Waals surface area contributed by atoms with E-state index in [1.165, 1.54) is 97.7 Å². The third-order valence-electron chi connectivity index (χ3n) is 16.8. The lowest BCUT2D eigenvalue weighted by molar-refractivity contribution is 0.660. The summed E-state index contributed by atoms with van der Waals surface area (Å²) in [7, 11) is 0. The minimum absolute atomic E-state index is 0.211. The number of benzene rings is 12. The molecule has 4 heteroatoms. The van der Waals surface area contributed by atoms with Gasteiger partial charge in [-0.25, -0.2) is 0 Å². The maximum Gasteiger partial charge on any atom is 0.135 e. The van der Waals surface area contributed by atoms with Crippen molar-refractivity contribution in [2.45, 2.75) is 19.3 Å². The molecule has 372 valence electrons. The number of aromatic nitrogens is 1. The van der Waals surface area contributed by atoms with Gasteiger partial charge in [0.15, 0.2) is 0 Å². The number of thiophene rings is 1. The highest BCUT2D eigenvalue weighted by molar-refractivity contribution is 7.25. The second-order valence-electron chi connectivity index (χ2n) is 21.6. The van der Waals surface area contributed by atoms with Crippen LogP contribution in [0.1, 0.15) is 25.0 Å². The fourth-order valence-electron chi connectivity index (χ4n) is 13.0. The lowest BCUT2D eigenvalue weighted by Crippen LogP contribution is -2.15. The van der Waals surface area contributed by atoms with Gasteiger partial charge in [0.05, 0.1) is 16.7 Å². The summed E-state index contributed by atoms with van der Waals surface area (Å²) in [5, 5.41) is 7.43. The first-order valence-corrected chi connectivity index (χ1v) is 28.0. The van der Waals surface area contributed by atoms with E-state index in [-0.39, 0.29) is 5.41 Å². The largest absolute Gasteiger partial charge is 0.456 e. The Morgan fingerprint density at radius 3 is 1.77 bits per heavy atom. The van der Waals surface area contributed by atoms with Crippen LogP contribution in [0.4, 0.5) is 17.1 Å². The van der Waals surface area contributed by atoms with E-state index in [0.29, 0.717) is 0 Å². The van der Waals surface area contributed by atoms with Gasteiger partial charge >= 0.3 is 0 Å². The van der Waals surface area contributed by atoms with Gasteiger partial charge in [-0.1, -0.05) is 184 Å². The van der Waals surface area contributed by atoms with E-state index in [2.05, 4.69) is 278 Å². The molecule has 0 aliphatic heterocycles. The molecule has 3 aromatic heterocycles. The molecule has 0 fully saturated rings. The minimum atomic E-state index is -0.211. The zero-order chi connectivity index (χ0) is 52.3. The topological polar surface area (TPSA) is 21.3 Å². The molecule has 1 aliphatic carbocycles. The Morgan fingerprint density at radius 2 is 0.949 bits per heavy atom. The molecule has 0 unspecified atom stereocenters. The Balaban J connectivity index is 0.798.